The average Bonchev–Trinajstić information content (AvgIpc) is 2.39. The molecule has 3 nitrogen and oxygen atoms in total. The van der Waals surface area contributed by atoms with Crippen molar-refractivity contribution >= 4 is 6.29 Å². The molecule has 1 heterocycles. The SMILES string of the molecule is O=Cc1cc(F)cc(OCCc2ccccn2)c1. The monoisotopic (exact) mass is 245 g/mol. The van der Waals surface area contributed by atoms with Gasteiger partial charge in [-0.2, -0.15) is 0 Å². The van der Waals surface area contributed by atoms with E-state index in [0.717, 1.165) is 5.69 Å². The number of halogens is 1. The van der Waals surface area contributed by atoms with Crippen LogP contribution in [0.25, 0.3) is 0 Å². The molecule has 92 valence electrons. The normalized spacial score (nSPS) is 10.1. The first-order valence-electron chi connectivity index (χ1n) is 5.56. The average molecular weight is 245 g/mol. The minimum atomic E-state index is -0.479. The summed E-state index contributed by atoms with van der Waals surface area (Å²) >= 11 is 0. The van der Waals surface area contributed by atoms with Gasteiger partial charge in [0, 0.05) is 29.9 Å². The molecule has 2 rings (SSSR count). The van der Waals surface area contributed by atoms with Crippen LogP contribution in [0.1, 0.15) is 16.1 Å². The van der Waals surface area contributed by atoms with Crippen LogP contribution < -0.4 is 4.74 Å². The Morgan fingerprint density at radius 1 is 1.28 bits per heavy atom. The fraction of sp³-hybridized carbons (Fsp3) is 0.143. The number of aldehydes is 1. The van der Waals surface area contributed by atoms with Crippen molar-refractivity contribution in [1.82, 2.24) is 4.98 Å². The molecule has 0 saturated carbocycles. The molecule has 0 spiro atoms. The lowest BCUT2D eigenvalue weighted by Gasteiger charge is -2.06. The predicted molar refractivity (Wildman–Crippen MR) is 65.2 cm³/mol. The zero-order chi connectivity index (χ0) is 12.8. The van der Waals surface area contributed by atoms with Crippen LogP contribution in [0.5, 0.6) is 5.75 Å². The standard InChI is InChI=1S/C14H12FNO2/c15-12-7-11(10-17)8-14(9-12)18-6-4-13-3-1-2-5-16-13/h1-3,5,7-10H,4,6H2. The molecule has 0 N–H and O–H groups in total. The van der Waals surface area contributed by atoms with Gasteiger partial charge in [0.05, 0.1) is 6.61 Å². The number of ether oxygens (including phenoxy) is 1. The van der Waals surface area contributed by atoms with Crippen LogP contribution in [0.3, 0.4) is 0 Å². The number of aromatic nitrogens is 1. The van der Waals surface area contributed by atoms with Crippen molar-refractivity contribution in [1.29, 1.82) is 0 Å². The summed E-state index contributed by atoms with van der Waals surface area (Å²) < 4.78 is 18.5. The second kappa shape index (κ2) is 5.91. The fourth-order valence-corrected chi connectivity index (χ4v) is 1.56. The van der Waals surface area contributed by atoms with Gasteiger partial charge >= 0.3 is 0 Å². The van der Waals surface area contributed by atoms with Gasteiger partial charge in [0.1, 0.15) is 17.9 Å². The predicted octanol–water partition coefficient (Wildman–Crippen LogP) is 2.65. The summed E-state index contributed by atoms with van der Waals surface area (Å²) in [7, 11) is 0. The van der Waals surface area contributed by atoms with Gasteiger partial charge in [-0.25, -0.2) is 4.39 Å². The Hall–Kier alpha value is -2.23. The van der Waals surface area contributed by atoms with Gasteiger partial charge in [0.25, 0.3) is 0 Å². The number of hydrogen-bond acceptors (Lipinski definition) is 3. The first kappa shape index (κ1) is 12.2. The molecule has 0 amide bonds. The highest BCUT2D eigenvalue weighted by molar-refractivity contribution is 5.75. The smallest absolute Gasteiger partial charge is 0.150 e. The lowest BCUT2D eigenvalue weighted by molar-refractivity contribution is 0.112. The summed E-state index contributed by atoms with van der Waals surface area (Å²) in [6.45, 7) is 0.388. The number of carbonyl (C=O) groups is 1. The summed E-state index contributed by atoms with van der Waals surface area (Å²) in [5, 5.41) is 0. The van der Waals surface area contributed by atoms with E-state index in [9.17, 15) is 9.18 Å². The highest BCUT2D eigenvalue weighted by Crippen LogP contribution is 2.15. The van der Waals surface area contributed by atoms with E-state index in [2.05, 4.69) is 4.98 Å². The lowest BCUT2D eigenvalue weighted by atomic mass is 10.2. The Morgan fingerprint density at radius 3 is 2.89 bits per heavy atom. The molecule has 0 aliphatic heterocycles. The van der Waals surface area contributed by atoms with Crippen LogP contribution in [0.15, 0.2) is 42.6 Å². The van der Waals surface area contributed by atoms with Crippen molar-refractivity contribution in [2.45, 2.75) is 6.42 Å². The Labute approximate surface area is 104 Å². The van der Waals surface area contributed by atoms with Crippen molar-refractivity contribution < 1.29 is 13.9 Å². The van der Waals surface area contributed by atoms with Gasteiger partial charge < -0.3 is 4.74 Å². The molecule has 0 fully saturated rings. The zero-order valence-electron chi connectivity index (χ0n) is 9.67. The van der Waals surface area contributed by atoms with E-state index in [1.807, 2.05) is 18.2 Å². The molecular weight excluding hydrogens is 233 g/mol. The van der Waals surface area contributed by atoms with Crippen LogP contribution in [0, 0.1) is 5.82 Å². The molecule has 1 aromatic heterocycles. The number of rotatable bonds is 5. The van der Waals surface area contributed by atoms with Gasteiger partial charge in [-0.15, -0.1) is 0 Å². The number of benzene rings is 1. The van der Waals surface area contributed by atoms with Gasteiger partial charge in [0.2, 0.25) is 0 Å². The third kappa shape index (κ3) is 3.38. The maximum atomic E-state index is 13.1. The first-order chi connectivity index (χ1) is 8.78. The van der Waals surface area contributed by atoms with E-state index < -0.39 is 5.82 Å². The van der Waals surface area contributed by atoms with E-state index in [1.165, 1.54) is 18.2 Å². The second-order valence-electron chi connectivity index (χ2n) is 3.76. The van der Waals surface area contributed by atoms with Gasteiger partial charge in [-0.05, 0) is 24.3 Å². The first-order valence-corrected chi connectivity index (χ1v) is 5.56. The molecule has 1 aromatic carbocycles. The number of pyridine rings is 1. The van der Waals surface area contributed by atoms with Crippen molar-refractivity contribution in [3.63, 3.8) is 0 Å². The van der Waals surface area contributed by atoms with Crippen molar-refractivity contribution in [2.75, 3.05) is 6.61 Å². The highest BCUT2D eigenvalue weighted by atomic mass is 19.1. The summed E-state index contributed by atoms with van der Waals surface area (Å²) in [5.74, 6) is -0.125. The van der Waals surface area contributed by atoms with Crippen LogP contribution in [0.2, 0.25) is 0 Å². The van der Waals surface area contributed by atoms with E-state index in [0.29, 0.717) is 25.1 Å². The molecule has 0 radical (unpaired) electrons. The molecule has 0 unspecified atom stereocenters. The number of carbonyl (C=O) groups excluding carboxylic acids is 1. The summed E-state index contributed by atoms with van der Waals surface area (Å²) in [6.07, 6.45) is 2.94. The molecule has 4 heteroatoms. The summed E-state index contributed by atoms with van der Waals surface area (Å²) in [5.41, 5.74) is 1.17. The lowest BCUT2D eigenvalue weighted by Crippen LogP contribution is -2.03. The van der Waals surface area contributed by atoms with Crippen LogP contribution in [0.4, 0.5) is 4.39 Å². The maximum Gasteiger partial charge on any atom is 0.150 e. The van der Waals surface area contributed by atoms with Gasteiger partial charge in [-0.3, -0.25) is 9.78 Å². The van der Waals surface area contributed by atoms with E-state index in [1.54, 1.807) is 6.20 Å². The molecule has 0 atom stereocenters. The minimum Gasteiger partial charge on any atom is -0.493 e. The molecule has 0 saturated heterocycles. The van der Waals surface area contributed by atoms with Gasteiger partial charge in [0.15, 0.2) is 0 Å². The highest BCUT2D eigenvalue weighted by Gasteiger charge is 2.01. The van der Waals surface area contributed by atoms with E-state index in [4.69, 9.17) is 4.74 Å². The van der Waals surface area contributed by atoms with E-state index >= 15 is 0 Å². The largest absolute Gasteiger partial charge is 0.493 e. The van der Waals surface area contributed by atoms with Crippen molar-refractivity contribution in [3.05, 3.63) is 59.7 Å². The third-order valence-corrected chi connectivity index (χ3v) is 2.38. The number of hydrogen-bond donors (Lipinski definition) is 0. The van der Waals surface area contributed by atoms with Crippen LogP contribution in [-0.2, 0) is 6.42 Å². The topological polar surface area (TPSA) is 39.2 Å². The summed E-state index contributed by atoms with van der Waals surface area (Å²) in [6, 6.07) is 9.56. The van der Waals surface area contributed by atoms with Crippen LogP contribution >= 0.6 is 0 Å². The maximum absolute atomic E-state index is 13.1. The van der Waals surface area contributed by atoms with Crippen LogP contribution in [-0.4, -0.2) is 17.9 Å². The quantitative estimate of drug-likeness (QED) is 0.760. The second-order valence-corrected chi connectivity index (χ2v) is 3.76. The van der Waals surface area contributed by atoms with Gasteiger partial charge in [-0.1, -0.05) is 6.07 Å². The minimum absolute atomic E-state index is 0.267. The molecular formula is C14H12FNO2. The van der Waals surface area contributed by atoms with E-state index in [-0.39, 0.29) is 5.56 Å². The fourth-order valence-electron chi connectivity index (χ4n) is 1.56. The third-order valence-electron chi connectivity index (χ3n) is 2.38. The Balaban J connectivity index is 1.94. The molecule has 0 aliphatic carbocycles. The zero-order valence-corrected chi connectivity index (χ0v) is 9.67. The number of nitrogens with zero attached hydrogens (tertiary/aromatic N) is 1. The summed E-state index contributed by atoms with van der Waals surface area (Å²) in [4.78, 5) is 14.7. The van der Waals surface area contributed by atoms with Crippen molar-refractivity contribution in [3.8, 4) is 5.75 Å². The Bertz CT molecular complexity index is 529. The molecule has 0 aliphatic rings. The Morgan fingerprint density at radius 2 is 2.17 bits per heavy atom. The Kier molecular flexibility index (Phi) is 4.02. The van der Waals surface area contributed by atoms with Crippen molar-refractivity contribution in [2.24, 2.45) is 0 Å². The molecule has 18 heavy (non-hydrogen) atoms. The molecule has 0 bridgehead atoms. The molecule has 2 aromatic rings.